The van der Waals surface area contributed by atoms with Crippen LogP contribution in [0.3, 0.4) is 0 Å². The molecule has 0 bridgehead atoms. The van der Waals surface area contributed by atoms with Crippen molar-refractivity contribution in [3.8, 4) is 0 Å². The van der Waals surface area contributed by atoms with Crippen LogP contribution >= 0.6 is 11.3 Å². The molecular formula is C17H21N5S. The maximum absolute atomic E-state index is 4.88. The van der Waals surface area contributed by atoms with Crippen LogP contribution in [-0.2, 0) is 7.05 Å². The van der Waals surface area contributed by atoms with E-state index in [2.05, 4.69) is 59.2 Å². The lowest BCUT2D eigenvalue weighted by molar-refractivity contribution is 0.269. The van der Waals surface area contributed by atoms with Crippen LogP contribution in [0, 0.1) is 6.92 Å². The first-order valence-corrected chi connectivity index (χ1v) is 8.75. The van der Waals surface area contributed by atoms with Gasteiger partial charge in [0, 0.05) is 26.7 Å². The molecule has 5 nitrogen and oxygen atoms in total. The van der Waals surface area contributed by atoms with Gasteiger partial charge in [-0.05, 0) is 19.5 Å². The maximum atomic E-state index is 4.88. The molecule has 6 heteroatoms. The van der Waals surface area contributed by atoms with E-state index >= 15 is 0 Å². The second kappa shape index (κ2) is 5.62. The lowest BCUT2D eigenvalue weighted by atomic mass is 10.0. The summed E-state index contributed by atoms with van der Waals surface area (Å²) in [5.74, 6) is 0. The van der Waals surface area contributed by atoms with Gasteiger partial charge in [0.25, 0.3) is 0 Å². The SMILES string of the molecule is Cc1nn(C)c2nc(N3CCN(C)C[C@@H]3c3ccccc3)sc12. The minimum atomic E-state index is 0.351. The number of hydrogen-bond acceptors (Lipinski definition) is 5. The van der Waals surface area contributed by atoms with E-state index in [9.17, 15) is 0 Å². The Labute approximate surface area is 140 Å². The van der Waals surface area contributed by atoms with Crippen molar-refractivity contribution in [1.82, 2.24) is 19.7 Å². The third kappa shape index (κ3) is 2.52. The molecule has 3 aromatic rings. The standard InChI is InChI=1S/C17H21N5S/c1-12-15-16(21(3)19-12)18-17(23-15)22-10-9-20(2)11-14(22)13-7-5-4-6-8-13/h4-8,14H,9-11H2,1-3H3/t14-/m1/s1. The smallest absolute Gasteiger partial charge is 0.188 e. The minimum absolute atomic E-state index is 0.351. The Morgan fingerprint density at radius 1 is 1.13 bits per heavy atom. The number of anilines is 1. The Balaban J connectivity index is 1.75. The summed E-state index contributed by atoms with van der Waals surface area (Å²) in [6.07, 6.45) is 0. The number of hydrogen-bond donors (Lipinski definition) is 0. The molecule has 120 valence electrons. The first-order chi connectivity index (χ1) is 11.1. The summed E-state index contributed by atoms with van der Waals surface area (Å²) in [7, 11) is 4.16. The van der Waals surface area contributed by atoms with Gasteiger partial charge in [-0.2, -0.15) is 5.10 Å². The fourth-order valence-corrected chi connectivity index (χ4v) is 4.41. The van der Waals surface area contributed by atoms with E-state index in [1.807, 2.05) is 11.7 Å². The number of nitrogens with zero attached hydrogens (tertiary/aromatic N) is 5. The van der Waals surface area contributed by atoms with Crippen molar-refractivity contribution in [1.29, 1.82) is 0 Å². The molecule has 1 atom stereocenters. The van der Waals surface area contributed by atoms with Crippen molar-refractivity contribution >= 4 is 26.8 Å². The van der Waals surface area contributed by atoms with Crippen LogP contribution in [0.4, 0.5) is 5.13 Å². The highest BCUT2D eigenvalue weighted by molar-refractivity contribution is 7.22. The molecule has 1 fully saturated rings. The number of rotatable bonds is 2. The number of likely N-dealkylation sites (N-methyl/N-ethyl adjacent to an activating group) is 1. The maximum Gasteiger partial charge on any atom is 0.188 e. The van der Waals surface area contributed by atoms with Gasteiger partial charge in [-0.1, -0.05) is 41.7 Å². The zero-order valence-corrected chi connectivity index (χ0v) is 14.5. The first kappa shape index (κ1) is 14.7. The zero-order chi connectivity index (χ0) is 16.0. The van der Waals surface area contributed by atoms with Gasteiger partial charge in [0.1, 0.15) is 0 Å². The number of benzene rings is 1. The van der Waals surface area contributed by atoms with Crippen LogP contribution in [0.25, 0.3) is 10.3 Å². The molecule has 1 aromatic carbocycles. The molecule has 0 unspecified atom stereocenters. The number of aromatic nitrogens is 3. The largest absolute Gasteiger partial charge is 0.338 e. The van der Waals surface area contributed by atoms with Gasteiger partial charge in [0.05, 0.1) is 16.4 Å². The van der Waals surface area contributed by atoms with Gasteiger partial charge < -0.3 is 9.80 Å². The van der Waals surface area contributed by atoms with Crippen LogP contribution in [0.1, 0.15) is 17.3 Å². The average molecular weight is 327 g/mol. The summed E-state index contributed by atoms with van der Waals surface area (Å²) >= 11 is 1.76. The van der Waals surface area contributed by atoms with E-state index < -0.39 is 0 Å². The molecule has 0 N–H and O–H groups in total. The zero-order valence-electron chi connectivity index (χ0n) is 13.7. The predicted molar refractivity (Wildman–Crippen MR) is 95.1 cm³/mol. The molecule has 4 rings (SSSR count). The van der Waals surface area contributed by atoms with E-state index in [-0.39, 0.29) is 0 Å². The predicted octanol–water partition coefficient (Wildman–Crippen LogP) is 2.83. The third-order valence-electron chi connectivity index (χ3n) is 4.55. The van der Waals surface area contributed by atoms with E-state index in [0.29, 0.717) is 6.04 Å². The third-order valence-corrected chi connectivity index (χ3v) is 5.74. The quantitative estimate of drug-likeness (QED) is 0.725. The molecule has 0 amide bonds. The first-order valence-electron chi connectivity index (χ1n) is 7.94. The molecule has 1 aliphatic rings. The summed E-state index contributed by atoms with van der Waals surface area (Å²) in [6.45, 7) is 5.15. The molecule has 1 saturated heterocycles. The van der Waals surface area contributed by atoms with E-state index in [1.54, 1.807) is 11.3 Å². The topological polar surface area (TPSA) is 37.2 Å². The molecule has 0 saturated carbocycles. The number of fused-ring (bicyclic) bond motifs is 1. The molecule has 23 heavy (non-hydrogen) atoms. The highest BCUT2D eigenvalue weighted by Gasteiger charge is 2.29. The van der Waals surface area contributed by atoms with E-state index in [1.165, 1.54) is 10.3 Å². The normalized spacial score (nSPS) is 19.6. The number of piperazine rings is 1. The highest BCUT2D eigenvalue weighted by atomic mass is 32.1. The Bertz CT molecular complexity index is 788. The fourth-order valence-electron chi connectivity index (χ4n) is 3.31. The second-order valence-corrected chi connectivity index (χ2v) is 7.22. The van der Waals surface area contributed by atoms with E-state index in [4.69, 9.17) is 4.98 Å². The van der Waals surface area contributed by atoms with Crippen LogP contribution in [-0.4, -0.2) is 46.3 Å². The summed E-state index contributed by atoms with van der Waals surface area (Å²) in [4.78, 5) is 9.74. The van der Waals surface area contributed by atoms with Crippen LogP contribution < -0.4 is 4.90 Å². The summed E-state index contributed by atoms with van der Waals surface area (Å²) in [5.41, 5.74) is 3.41. The van der Waals surface area contributed by atoms with Crippen molar-refractivity contribution in [3.63, 3.8) is 0 Å². The number of thiazole rings is 1. The van der Waals surface area contributed by atoms with Gasteiger partial charge >= 0.3 is 0 Å². The molecule has 0 spiro atoms. The average Bonchev–Trinajstić information content (AvgIpc) is 3.10. The van der Waals surface area contributed by atoms with Gasteiger partial charge in [0.15, 0.2) is 10.8 Å². The number of aryl methyl sites for hydroxylation is 2. The van der Waals surface area contributed by atoms with Gasteiger partial charge in [0.2, 0.25) is 0 Å². The van der Waals surface area contributed by atoms with Gasteiger partial charge in [-0.3, -0.25) is 0 Å². The summed E-state index contributed by atoms with van der Waals surface area (Å²) in [5, 5.41) is 5.57. The molecule has 3 heterocycles. The van der Waals surface area contributed by atoms with Crippen molar-refractivity contribution in [2.45, 2.75) is 13.0 Å². The lowest BCUT2D eigenvalue weighted by Crippen LogP contribution is -2.46. The Kier molecular flexibility index (Phi) is 3.58. The summed E-state index contributed by atoms with van der Waals surface area (Å²) < 4.78 is 3.09. The lowest BCUT2D eigenvalue weighted by Gasteiger charge is -2.40. The van der Waals surface area contributed by atoms with Crippen molar-refractivity contribution in [2.75, 3.05) is 31.6 Å². The molecule has 2 aromatic heterocycles. The Morgan fingerprint density at radius 2 is 1.91 bits per heavy atom. The molecular weight excluding hydrogens is 306 g/mol. The minimum Gasteiger partial charge on any atom is -0.338 e. The molecule has 0 radical (unpaired) electrons. The van der Waals surface area contributed by atoms with Gasteiger partial charge in [-0.15, -0.1) is 0 Å². The van der Waals surface area contributed by atoms with Gasteiger partial charge in [-0.25, -0.2) is 9.67 Å². The van der Waals surface area contributed by atoms with Crippen LogP contribution in [0.2, 0.25) is 0 Å². The molecule has 1 aliphatic heterocycles. The van der Waals surface area contributed by atoms with Crippen LogP contribution in [0.15, 0.2) is 30.3 Å². The van der Waals surface area contributed by atoms with Crippen molar-refractivity contribution in [2.24, 2.45) is 7.05 Å². The van der Waals surface area contributed by atoms with E-state index in [0.717, 1.165) is 36.1 Å². The highest BCUT2D eigenvalue weighted by Crippen LogP contribution is 2.36. The van der Waals surface area contributed by atoms with Crippen LogP contribution in [0.5, 0.6) is 0 Å². The monoisotopic (exact) mass is 327 g/mol. The molecule has 0 aliphatic carbocycles. The second-order valence-electron chi connectivity index (χ2n) is 6.24. The Hall–Kier alpha value is -1.92. The summed E-state index contributed by atoms with van der Waals surface area (Å²) in [6, 6.07) is 11.1. The van der Waals surface area contributed by atoms with Crippen molar-refractivity contribution in [3.05, 3.63) is 41.6 Å². The fraction of sp³-hybridized carbons (Fsp3) is 0.412. The van der Waals surface area contributed by atoms with Crippen molar-refractivity contribution < 1.29 is 0 Å². The Morgan fingerprint density at radius 3 is 2.65 bits per heavy atom.